The second-order valence-electron chi connectivity index (χ2n) is 6.48. The largest absolute Gasteiger partial charge is 0.295 e. The second kappa shape index (κ2) is 10.3. The standard InChI is InChI=1S/2C12H14O/c2*1-9-6-4-5-7-12(9)8-10(2)11(3)13/h2*4-8H,1-3H3. The predicted octanol–water partition coefficient (Wildman–Crippen LogP) is 5.97. The number of rotatable bonds is 4. The van der Waals surface area contributed by atoms with E-state index in [0.29, 0.717) is 0 Å². The van der Waals surface area contributed by atoms with Gasteiger partial charge < -0.3 is 0 Å². The van der Waals surface area contributed by atoms with E-state index in [1.807, 2.05) is 88.4 Å². The van der Waals surface area contributed by atoms with Crippen molar-refractivity contribution in [3.05, 3.63) is 81.9 Å². The van der Waals surface area contributed by atoms with Gasteiger partial charge in [0.15, 0.2) is 11.6 Å². The topological polar surface area (TPSA) is 34.1 Å². The molecule has 2 rings (SSSR count). The van der Waals surface area contributed by atoms with Crippen molar-refractivity contribution in [2.45, 2.75) is 41.5 Å². The van der Waals surface area contributed by atoms with Crippen LogP contribution in [0.1, 0.15) is 49.9 Å². The molecule has 0 heterocycles. The molecule has 0 N–H and O–H groups in total. The number of benzene rings is 2. The molecule has 0 aliphatic heterocycles. The Hall–Kier alpha value is -2.74. The van der Waals surface area contributed by atoms with Gasteiger partial charge in [-0.2, -0.15) is 0 Å². The molecular weight excluding hydrogens is 320 g/mol. The maximum atomic E-state index is 11.0. The van der Waals surface area contributed by atoms with Gasteiger partial charge in [0.1, 0.15) is 0 Å². The molecule has 2 nitrogen and oxygen atoms in total. The molecule has 26 heavy (non-hydrogen) atoms. The van der Waals surface area contributed by atoms with Crippen molar-refractivity contribution in [3.63, 3.8) is 0 Å². The van der Waals surface area contributed by atoms with E-state index in [-0.39, 0.29) is 11.6 Å². The van der Waals surface area contributed by atoms with Crippen LogP contribution in [0.5, 0.6) is 0 Å². The zero-order valence-electron chi connectivity index (χ0n) is 16.6. The summed E-state index contributed by atoms with van der Waals surface area (Å²) in [6, 6.07) is 16.1. The number of Topliss-reactive ketones (excluding diaryl/α,β-unsaturated/α-hetero) is 2. The molecule has 0 radical (unpaired) electrons. The molecule has 0 aliphatic rings. The van der Waals surface area contributed by atoms with E-state index in [1.165, 1.54) is 11.1 Å². The van der Waals surface area contributed by atoms with Crippen LogP contribution >= 0.6 is 0 Å². The Kier molecular flexibility index (Phi) is 8.44. The molecule has 0 saturated heterocycles. The summed E-state index contributed by atoms with van der Waals surface area (Å²) in [7, 11) is 0. The van der Waals surface area contributed by atoms with Gasteiger partial charge in [-0.25, -0.2) is 0 Å². The summed E-state index contributed by atoms with van der Waals surface area (Å²) < 4.78 is 0. The highest BCUT2D eigenvalue weighted by molar-refractivity contribution is 5.97. The molecular formula is C24H28O2. The van der Waals surface area contributed by atoms with Crippen LogP contribution in [0.3, 0.4) is 0 Å². The van der Waals surface area contributed by atoms with Crippen LogP contribution in [0, 0.1) is 13.8 Å². The molecule has 2 aromatic carbocycles. The SMILES string of the molecule is CC(=O)C(C)=Cc1ccccc1C.CC(=O)C(C)=Cc1ccccc1C. The minimum Gasteiger partial charge on any atom is -0.295 e. The molecule has 136 valence electrons. The van der Waals surface area contributed by atoms with Crippen LogP contribution < -0.4 is 0 Å². The molecule has 0 bridgehead atoms. The fourth-order valence-electron chi connectivity index (χ4n) is 2.17. The third-order valence-electron chi connectivity index (χ3n) is 4.23. The van der Waals surface area contributed by atoms with Crippen LogP contribution in [0.25, 0.3) is 12.2 Å². The van der Waals surface area contributed by atoms with Gasteiger partial charge in [-0.3, -0.25) is 9.59 Å². The van der Waals surface area contributed by atoms with Crippen molar-refractivity contribution in [3.8, 4) is 0 Å². The fraction of sp³-hybridized carbons (Fsp3) is 0.250. The minimum atomic E-state index is 0.128. The van der Waals surface area contributed by atoms with E-state index in [2.05, 4.69) is 0 Å². The average molecular weight is 348 g/mol. The van der Waals surface area contributed by atoms with Crippen molar-refractivity contribution in [2.75, 3.05) is 0 Å². The monoisotopic (exact) mass is 348 g/mol. The molecule has 0 aliphatic carbocycles. The molecule has 0 fully saturated rings. The summed E-state index contributed by atoms with van der Waals surface area (Å²) in [6.07, 6.45) is 3.86. The molecule has 0 amide bonds. The zero-order chi connectivity index (χ0) is 19.7. The first-order valence-electron chi connectivity index (χ1n) is 8.72. The zero-order valence-corrected chi connectivity index (χ0v) is 16.6. The number of allylic oxidation sites excluding steroid dienone is 2. The third-order valence-corrected chi connectivity index (χ3v) is 4.23. The lowest BCUT2D eigenvalue weighted by molar-refractivity contribution is -0.114. The summed E-state index contributed by atoms with van der Waals surface area (Å²) >= 11 is 0. The van der Waals surface area contributed by atoms with Gasteiger partial charge >= 0.3 is 0 Å². The number of hydrogen-bond donors (Lipinski definition) is 0. The smallest absolute Gasteiger partial charge is 0.155 e. The highest BCUT2D eigenvalue weighted by Gasteiger charge is 1.98. The van der Waals surface area contributed by atoms with Crippen molar-refractivity contribution < 1.29 is 9.59 Å². The highest BCUT2D eigenvalue weighted by atomic mass is 16.1. The van der Waals surface area contributed by atoms with Crippen molar-refractivity contribution in [1.29, 1.82) is 0 Å². The molecule has 0 saturated carbocycles. The van der Waals surface area contributed by atoms with Crippen molar-refractivity contribution in [2.24, 2.45) is 0 Å². The van der Waals surface area contributed by atoms with Crippen LogP contribution in [0.4, 0.5) is 0 Å². The van der Waals surface area contributed by atoms with Gasteiger partial charge in [-0.1, -0.05) is 48.5 Å². The first kappa shape index (κ1) is 21.3. The third kappa shape index (κ3) is 7.02. The molecule has 2 aromatic rings. The normalized spacial score (nSPS) is 11.5. The van der Waals surface area contributed by atoms with Crippen molar-refractivity contribution >= 4 is 23.7 Å². The lowest BCUT2D eigenvalue weighted by Gasteiger charge is -2.00. The molecule has 0 atom stereocenters. The highest BCUT2D eigenvalue weighted by Crippen LogP contribution is 2.12. The van der Waals surface area contributed by atoms with Crippen LogP contribution in [-0.4, -0.2) is 11.6 Å². The van der Waals surface area contributed by atoms with Crippen molar-refractivity contribution in [1.82, 2.24) is 0 Å². The Morgan fingerprint density at radius 3 is 1.19 bits per heavy atom. The summed E-state index contributed by atoms with van der Waals surface area (Å²) in [5.41, 5.74) is 6.24. The summed E-state index contributed by atoms with van der Waals surface area (Å²) in [5.74, 6) is 0.256. The summed E-state index contributed by atoms with van der Waals surface area (Å²) in [4.78, 5) is 22.0. The Bertz CT molecular complexity index is 767. The maximum Gasteiger partial charge on any atom is 0.155 e. The minimum absolute atomic E-state index is 0.128. The lowest BCUT2D eigenvalue weighted by Crippen LogP contribution is -1.91. The first-order valence-corrected chi connectivity index (χ1v) is 8.72. The van der Waals surface area contributed by atoms with E-state index in [4.69, 9.17) is 0 Å². The van der Waals surface area contributed by atoms with Gasteiger partial charge in [0.05, 0.1) is 0 Å². The first-order chi connectivity index (χ1) is 12.2. The summed E-state index contributed by atoms with van der Waals surface area (Å²) in [6.45, 7) is 10.9. The number of aryl methyl sites for hydroxylation is 2. The quantitative estimate of drug-likeness (QED) is 0.637. The van der Waals surface area contributed by atoms with Gasteiger partial charge in [0.2, 0.25) is 0 Å². The Morgan fingerprint density at radius 1 is 0.615 bits per heavy atom. The van der Waals surface area contributed by atoms with E-state index >= 15 is 0 Å². The maximum absolute atomic E-state index is 11.0. The van der Waals surface area contributed by atoms with Gasteiger partial charge in [0, 0.05) is 0 Å². The predicted molar refractivity (Wildman–Crippen MR) is 111 cm³/mol. The van der Waals surface area contributed by atoms with Crippen LogP contribution in [0.15, 0.2) is 59.7 Å². The number of ketones is 2. The van der Waals surface area contributed by atoms with E-state index in [0.717, 1.165) is 22.3 Å². The Morgan fingerprint density at radius 2 is 0.923 bits per heavy atom. The van der Waals surface area contributed by atoms with Gasteiger partial charge in [-0.15, -0.1) is 0 Å². The van der Waals surface area contributed by atoms with Gasteiger partial charge in [-0.05, 0) is 87.1 Å². The molecule has 2 heteroatoms. The summed E-state index contributed by atoms with van der Waals surface area (Å²) in [5, 5.41) is 0. The Balaban J connectivity index is 0.000000260. The molecule has 0 unspecified atom stereocenters. The second-order valence-corrected chi connectivity index (χ2v) is 6.48. The lowest BCUT2D eigenvalue weighted by atomic mass is 10.1. The van der Waals surface area contributed by atoms with Gasteiger partial charge in [0.25, 0.3) is 0 Å². The number of carbonyl (C=O) groups excluding carboxylic acids is 2. The van der Waals surface area contributed by atoms with E-state index < -0.39 is 0 Å². The van der Waals surface area contributed by atoms with E-state index in [1.54, 1.807) is 13.8 Å². The van der Waals surface area contributed by atoms with Crippen LogP contribution in [-0.2, 0) is 9.59 Å². The number of carbonyl (C=O) groups is 2. The average Bonchev–Trinajstić information content (AvgIpc) is 2.59. The Labute approximate surface area is 157 Å². The van der Waals surface area contributed by atoms with E-state index in [9.17, 15) is 9.59 Å². The molecule has 0 spiro atoms. The fourth-order valence-corrected chi connectivity index (χ4v) is 2.17. The van der Waals surface area contributed by atoms with Crippen LogP contribution in [0.2, 0.25) is 0 Å². The molecule has 0 aromatic heterocycles. The number of hydrogen-bond acceptors (Lipinski definition) is 2.